The van der Waals surface area contributed by atoms with Crippen molar-refractivity contribution < 1.29 is 9.90 Å². The van der Waals surface area contributed by atoms with Gasteiger partial charge in [-0.1, -0.05) is 11.6 Å². The summed E-state index contributed by atoms with van der Waals surface area (Å²) in [6, 6.07) is 5.43. The molecular formula is C13H14ClN3O2S. The number of rotatable bonds is 3. The number of nitrogens with one attached hydrogen (secondary N) is 2. The average molecular weight is 312 g/mol. The molecule has 5 nitrogen and oxygen atoms in total. The molecule has 2 aromatic rings. The number of aliphatic hydroxyl groups is 1. The lowest BCUT2D eigenvalue weighted by atomic mass is 10.0. The fraction of sp³-hybridized carbons (Fsp3) is 0.385. The summed E-state index contributed by atoms with van der Waals surface area (Å²) in [5, 5.41) is 19.7. The maximum absolute atomic E-state index is 12.1. The Hall–Kier alpha value is -1.37. The molecule has 1 saturated carbocycles. The standard InChI is InChI=1S/C13H14ClN3O2S/c14-10-4-3-9(20-10)8-7-11(17-16-8)15-12(18)13(19)5-1-2-6-13/h3-4,7,19H,1-2,5-6H2,(H2,15,16,17,18). The van der Waals surface area contributed by atoms with E-state index >= 15 is 0 Å². The molecule has 0 aromatic carbocycles. The van der Waals surface area contributed by atoms with Crippen LogP contribution < -0.4 is 5.32 Å². The quantitative estimate of drug-likeness (QED) is 0.815. The van der Waals surface area contributed by atoms with Gasteiger partial charge < -0.3 is 10.4 Å². The smallest absolute Gasteiger partial charge is 0.257 e. The van der Waals surface area contributed by atoms with E-state index in [2.05, 4.69) is 15.5 Å². The van der Waals surface area contributed by atoms with Gasteiger partial charge in [-0.2, -0.15) is 5.10 Å². The molecule has 1 fully saturated rings. The van der Waals surface area contributed by atoms with Crippen LogP contribution in [0, 0.1) is 0 Å². The van der Waals surface area contributed by atoms with Gasteiger partial charge in [0, 0.05) is 6.07 Å². The van der Waals surface area contributed by atoms with Gasteiger partial charge in [-0.3, -0.25) is 9.89 Å². The van der Waals surface area contributed by atoms with Gasteiger partial charge in [0.15, 0.2) is 5.82 Å². The van der Waals surface area contributed by atoms with Crippen LogP contribution >= 0.6 is 22.9 Å². The maximum atomic E-state index is 12.1. The van der Waals surface area contributed by atoms with Crippen LogP contribution in [0.2, 0.25) is 4.34 Å². The molecule has 20 heavy (non-hydrogen) atoms. The fourth-order valence-corrected chi connectivity index (χ4v) is 3.40. The van der Waals surface area contributed by atoms with Gasteiger partial charge in [-0.15, -0.1) is 11.3 Å². The third-order valence-corrected chi connectivity index (χ3v) is 4.78. The number of aromatic amines is 1. The van der Waals surface area contributed by atoms with Crippen LogP contribution in [-0.2, 0) is 4.79 Å². The van der Waals surface area contributed by atoms with Crippen molar-refractivity contribution in [1.29, 1.82) is 0 Å². The SMILES string of the molecule is O=C(Nc1cc(-c2ccc(Cl)s2)[nH]n1)C1(O)CCCC1. The summed E-state index contributed by atoms with van der Waals surface area (Å²) in [5.74, 6) is 0.0344. The molecule has 2 aromatic heterocycles. The van der Waals surface area contributed by atoms with Crippen molar-refractivity contribution in [3.8, 4) is 10.6 Å². The van der Waals surface area contributed by atoms with Crippen molar-refractivity contribution in [2.75, 3.05) is 5.32 Å². The van der Waals surface area contributed by atoms with Crippen LogP contribution in [0.1, 0.15) is 25.7 Å². The number of aromatic nitrogens is 2. The Labute approximate surface area is 125 Å². The molecule has 0 bridgehead atoms. The summed E-state index contributed by atoms with van der Waals surface area (Å²) in [6.45, 7) is 0. The first-order valence-electron chi connectivity index (χ1n) is 6.42. The number of anilines is 1. The number of nitrogens with zero attached hydrogens (tertiary/aromatic N) is 1. The second-order valence-corrected chi connectivity index (χ2v) is 6.68. The van der Waals surface area contributed by atoms with Crippen LogP contribution in [0.5, 0.6) is 0 Å². The van der Waals surface area contributed by atoms with Crippen molar-refractivity contribution >= 4 is 34.7 Å². The minimum atomic E-state index is -1.24. The van der Waals surface area contributed by atoms with Crippen LogP contribution in [0.4, 0.5) is 5.82 Å². The topological polar surface area (TPSA) is 78.0 Å². The zero-order chi connectivity index (χ0) is 14.2. The minimum absolute atomic E-state index is 0.378. The van der Waals surface area contributed by atoms with Crippen LogP contribution in [0.3, 0.4) is 0 Å². The van der Waals surface area contributed by atoms with Gasteiger partial charge >= 0.3 is 0 Å². The van der Waals surface area contributed by atoms with Crippen molar-refractivity contribution in [3.63, 3.8) is 0 Å². The van der Waals surface area contributed by atoms with Crippen LogP contribution in [-0.4, -0.2) is 26.8 Å². The van der Waals surface area contributed by atoms with E-state index in [1.807, 2.05) is 12.1 Å². The molecule has 0 saturated heterocycles. The summed E-state index contributed by atoms with van der Waals surface area (Å²) >= 11 is 7.32. The predicted molar refractivity (Wildman–Crippen MR) is 79.0 cm³/mol. The number of halogens is 1. The monoisotopic (exact) mass is 311 g/mol. The number of H-pyrrole nitrogens is 1. The molecule has 2 heterocycles. The third kappa shape index (κ3) is 2.59. The molecule has 106 valence electrons. The van der Waals surface area contributed by atoms with E-state index in [-0.39, 0.29) is 5.91 Å². The second-order valence-electron chi connectivity index (χ2n) is 4.96. The zero-order valence-electron chi connectivity index (χ0n) is 10.6. The highest BCUT2D eigenvalue weighted by molar-refractivity contribution is 7.19. The van der Waals surface area contributed by atoms with Gasteiger partial charge in [-0.25, -0.2) is 0 Å². The average Bonchev–Trinajstić information content (AvgIpc) is 3.11. The Morgan fingerprint density at radius 1 is 1.45 bits per heavy atom. The van der Waals surface area contributed by atoms with Gasteiger partial charge in [-0.05, 0) is 37.8 Å². The van der Waals surface area contributed by atoms with E-state index in [1.54, 1.807) is 6.07 Å². The summed E-state index contributed by atoms with van der Waals surface area (Å²) in [5.41, 5.74) is -0.457. The van der Waals surface area contributed by atoms with E-state index < -0.39 is 5.60 Å². The Morgan fingerprint density at radius 2 is 2.20 bits per heavy atom. The molecule has 3 N–H and O–H groups in total. The summed E-state index contributed by atoms with van der Waals surface area (Å²) < 4.78 is 0.695. The van der Waals surface area contributed by atoms with E-state index in [4.69, 9.17) is 11.6 Å². The number of hydrogen-bond acceptors (Lipinski definition) is 4. The summed E-state index contributed by atoms with van der Waals surface area (Å²) in [4.78, 5) is 13.0. The molecule has 7 heteroatoms. The van der Waals surface area contributed by atoms with E-state index in [0.717, 1.165) is 23.4 Å². The highest BCUT2D eigenvalue weighted by Gasteiger charge is 2.39. The summed E-state index contributed by atoms with van der Waals surface area (Å²) in [7, 11) is 0. The zero-order valence-corrected chi connectivity index (χ0v) is 12.2. The first-order valence-corrected chi connectivity index (χ1v) is 7.61. The summed E-state index contributed by atoms with van der Waals surface area (Å²) in [6.07, 6.45) is 2.78. The Balaban J connectivity index is 1.73. The minimum Gasteiger partial charge on any atom is -0.380 e. The van der Waals surface area contributed by atoms with Crippen LogP contribution in [0.15, 0.2) is 18.2 Å². The number of carbonyl (C=O) groups is 1. The van der Waals surface area contributed by atoms with Gasteiger partial charge in [0.25, 0.3) is 5.91 Å². The number of amides is 1. The highest BCUT2D eigenvalue weighted by atomic mass is 35.5. The molecule has 3 rings (SSSR count). The molecule has 0 spiro atoms. The van der Waals surface area contributed by atoms with Crippen molar-refractivity contribution in [2.45, 2.75) is 31.3 Å². The number of carbonyl (C=O) groups excluding carboxylic acids is 1. The largest absolute Gasteiger partial charge is 0.380 e. The maximum Gasteiger partial charge on any atom is 0.257 e. The molecule has 0 aliphatic heterocycles. The molecule has 1 aliphatic rings. The second kappa shape index (κ2) is 5.20. The third-order valence-electron chi connectivity index (χ3n) is 3.51. The Morgan fingerprint density at radius 3 is 2.85 bits per heavy atom. The predicted octanol–water partition coefficient (Wildman–Crippen LogP) is 3.04. The van der Waals surface area contributed by atoms with Gasteiger partial charge in [0.1, 0.15) is 5.60 Å². The lowest BCUT2D eigenvalue weighted by molar-refractivity contribution is -0.133. The highest BCUT2D eigenvalue weighted by Crippen LogP contribution is 2.32. The molecule has 0 radical (unpaired) electrons. The fourth-order valence-electron chi connectivity index (χ4n) is 2.39. The Bertz CT molecular complexity index is 631. The lowest BCUT2D eigenvalue weighted by Gasteiger charge is -2.19. The lowest BCUT2D eigenvalue weighted by Crippen LogP contribution is -2.40. The number of hydrogen-bond donors (Lipinski definition) is 3. The van der Waals surface area contributed by atoms with Crippen molar-refractivity contribution in [2.24, 2.45) is 0 Å². The van der Waals surface area contributed by atoms with E-state index in [1.165, 1.54) is 11.3 Å². The van der Waals surface area contributed by atoms with Crippen molar-refractivity contribution in [1.82, 2.24) is 10.2 Å². The first kappa shape index (κ1) is 13.6. The molecular weight excluding hydrogens is 298 g/mol. The van der Waals surface area contributed by atoms with Gasteiger partial charge in [0.05, 0.1) is 14.9 Å². The normalized spacial score (nSPS) is 17.3. The molecule has 1 aliphatic carbocycles. The number of thiophene rings is 1. The van der Waals surface area contributed by atoms with Crippen molar-refractivity contribution in [3.05, 3.63) is 22.5 Å². The van der Waals surface area contributed by atoms with E-state index in [9.17, 15) is 9.90 Å². The molecule has 0 atom stereocenters. The molecule has 0 unspecified atom stereocenters. The van der Waals surface area contributed by atoms with Gasteiger partial charge in [0.2, 0.25) is 0 Å². The Kier molecular flexibility index (Phi) is 3.54. The first-order chi connectivity index (χ1) is 9.57. The van der Waals surface area contributed by atoms with Crippen LogP contribution in [0.25, 0.3) is 10.6 Å². The molecule has 1 amide bonds. The van der Waals surface area contributed by atoms with E-state index in [0.29, 0.717) is 23.0 Å².